The predicted molar refractivity (Wildman–Crippen MR) is 85.1 cm³/mol. The molecule has 1 heterocycles. The van der Waals surface area contributed by atoms with E-state index in [1.807, 2.05) is 18.4 Å². The Kier molecular flexibility index (Phi) is 5.50. The average Bonchev–Trinajstić information content (AvgIpc) is 2.50. The van der Waals surface area contributed by atoms with E-state index in [4.69, 9.17) is 0 Å². The molecule has 1 aliphatic rings. The monoisotopic (exact) mass is 308 g/mol. The Morgan fingerprint density at radius 3 is 3.00 bits per heavy atom. The molecule has 3 N–H and O–H groups in total. The Balaban J connectivity index is 2.14. The second-order valence-corrected chi connectivity index (χ2v) is 5.99. The van der Waals surface area contributed by atoms with E-state index in [9.17, 15) is 14.7 Å². The first kappa shape index (κ1) is 15.7. The number of rotatable bonds is 6. The number of amides is 1. The van der Waals surface area contributed by atoms with Crippen LogP contribution in [-0.4, -0.2) is 41.6 Å². The van der Waals surface area contributed by atoms with E-state index in [0.717, 1.165) is 30.6 Å². The van der Waals surface area contributed by atoms with E-state index < -0.39 is 12.0 Å². The minimum atomic E-state index is -0.986. The van der Waals surface area contributed by atoms with Gasteiger partial charge in [0, 0.05) is 17.8 Å². The SMILES string of the molecule is CSCCC(NC(=O)c1cccc2c1CCCN2)C(=O)O. The summed E-state index contributed by atoms with van der Waals surface area (Å²) in [7, 11) is 0. The lowest BCUT2D eigenvalue weighted by molar-refractivity contribution is -0.139. The fraction of sp³-hybridized carbons (Fsp3) is 0.467. The van der Waals surface area contributed by atoms with Crippen molar-refractivity contribution in [2.45, 2.75) is 25.3 Å². The summed E-state index contributed by atoms with van der Waals surface area (Å²) < 4.78 is 0. The van der Waals surface area contributed by atoms with Gasteiger partial charge in [0.25, 0.3) is 5.91 Å². The molecule has 0 fully saturated rings. The Labute approximate surface area is 128 Å². The van der Waals surface area contributed by atoms with Crippen molar-refractivity contribution in [3.8, 4) is 0 Å². The fourth-order valence-electron chi connectivity index (χ4n) is 2.45. The Morgan fingerprint density at radius 1 is 1.48 bits per heavy atom. The van der Waals surface area contributed by atoms with Gasteiger partial charge in [0.1, 0.15) is 6.04 Å². The molecule has 0 saturated carbocycles. The Bertz CT molecular complexity index is 534. The van der Waals surface area contributed by atoms with Gasteiger partial charge >= 0.3 is 5.97 Å². The molecule has 21 heavy (non-hydrogen) atoms. The van der Waals surface area contributed by atoms with Crippen molar-refractivity contribution in [2.24, 2.45) is 0 Å². The van der Waals surface area contributed by atoms with Crippen LogP contribution in [0.15, 0.2) is 18.2 Å². The van der Waals surface area contributed by atoms with E-state index >= 15 is 0 Å². The van der Waals surface area contributed by atoms with Crippen molar-refractivity contribution in [3.63, 3.8) is 0 Å². The average molecular weight is 308 g/mol. The second kappa shape index (κ2) is 7.36. The third-order valence-corrected chi connectivity index (χ3v) is 4.20. The van der Waals surface area contributed by atoms with Crippen LogP contribution in [0.2, 0.25) is 0 Å². The number of carbonyl (C=O) groups is 2. The number of benzene rings is 1. The molecular weight excluding hydrogens is 288 g/mol. The third kappa shape index (κ3) is 3.91. The van der Waals surface area contributed by atoms with Gasteiger partial charge in [0.15, 0.2) is 0 Å². The summed E-state index contributed by atoms with van der Waals surface area (Å²) in [4.78, 5) is 23.6. The zero-order valence-electron chi connectivity index (χ0n) is 12.0. The molecule has 1 unspecified atom stereocenters. The molecule has 0 spiro atoms. The fourth-order valence-corrected chi connectivity index (χ4v) is 2.92. The smallest absolute Gasteiger partial charge is 0.326 e. The van der Waals surface area contributed by atoms with Gasteiger partial charge in [-0.05, 0) is 49.0 Å². The maximum absolute atomic E-state index is 12.4. The highest BCUT2D eigenvalue weighted by Crippen LogP contribution is 2.25. The van der Waals surface area contributed by atoms with Gasteiger partial charge in [-0.3, -0.25) is 4.79 Å². The first-order valence-corrected chi connectivity index (χ1v) is 8.41. The summed E-state index contributed by atoms with van der Waals surface area (Å²) in [6.07, 6.45) is 4.16. The highest BCUT2D eigenvalue weighted by Gasteiger charge is 2.23. The normalized spacial score (nSPS) is 14.7. The van der Waals surface area contributed by atoms with Gasteiger partial charge < -0.3 is 15.7 Å². The first-order chi connectivity index (χ1) is 10.1. The molecule has 0 bridgehead atoms. The van der Waals surface area contributed by atoms with Crippen LogP contribution in [0.3, 0.4) is 0 Å². The molecule has 2 rings (SSSR count). The number of carboxylic acid groups (broad SMARTS) is 1. The second-order valence-electron chi connectivity index (χ2n) is 5.01. The quantitative estimate of drug-likeness (QED) is 0.749. The van der Waals surface area contributed by atoms with E-state index in [0.29, 0.717) is 17.7 Å². The van der Waals surface area contributed by atoms with E-state index in [-0.39, 0.29) is 5.91 Å². The minimum absolute atomic E-state index is 0.302. The Morgan fingerprint density at radius 2 is 2.29 bits per heavy atom. The van der Waals surface area contributed by atoms with Crippen LogP contribution >= 0.6 is 11.8 Å². The topological polar surface area (TPSA) is 78.4 Å². The molecule has 0 aromatic heterocycles. The summed E-state index contributed by atoms with van der Waals surface area (Å²) in [5.74, 6) is -0.588. The number of aliphatic carboxylic acids is 1. The number of hydrogen-bond acceptors (Lipinski definition) is 4. The summed E-state index contributed by atoms with van der Waals surface area (Å²) in [6, 6.07) is 4.70. The highest BCUT2D eigenvalue weighted by molar-refractivity contribution is 7.98. The van der Waals surface area contributed by atoms with Crippen molar-refractivity contribution in [3.05, 3.63) is 29.3 Å². The van der Waals surface area contributed by atoms with Crippen LogP contribution in [0.5, 0.6) is 0 Å². The zero-order chi connectivity index (χ0) is 15.2. The lowest BCUT2D eigenvalue weighted by Crippen LogP contribution is -2.41. The molecule has 1 atom stereocenters. The molecule has 114 valence electrons. The van der Waals surface area contributed by atoms with Gasteiger partial charge in [-0.1, -0.05) is 6.07 Å². The third-order valence-electron chi connectivity index (χ3n) is 3.55. The number of fused-ring (bicyclic) bond motifs is 1. The van der Waals surface area contributed by atoms with E-state index in [2.05, 4.69) is 10.6 Å². The van der Waals surface area contributed by atoms with Crippen molar-refractivity contribution in [2.75, 3.05) is 23.9 Å². The molecule has 1 amide bonds. The summed E-state index contributed by atoms with van der Waals surface area (Å²) in [6.45, 7) is 0.906. The van der Waals surface area contributed by atoms with Crippen LogP contribution in [0, 0.1) is 0 Å². The molecule has 1 aliphatic heterocycles. The molecule has 6 heteroatoms. The maximum Gasteiger partial charge on any atom is 0.326 e. The Hall–Kier alpha value is -1.69. The van der Waals surface area contributed by atoms with Crippen LogP contribution in [0.25, 0.3) is 0 Å². The summed E-state index contributed by atoms with van der Waals surface area (Å²) in [5, 5.41) is 15.1. The lowest BCUT2D eigenvalue weighted by atomic mass is 9.97. The van der Waals surface area contributed by atoms with Crippen molar-refractivity contribution in [1.29, 1.82) is 0 Å². The molecule has 1 aromatic rings. The molecular formula is C15H20N2O3S. The van der Waals surface area contributed by atoms with E-state index in [1.54, 1.807) is 17.8 Å². The van der Waals surface area contributed by atoms with Gasteiger partial charge in [0.05, 0.1) is 0 Å². The zero-order valence-corrected chi connectivity index (χ0v) is 12.8. The number of carboxylic acids is 1. The van der Waals surface area contributed by atoms with E-state index in [1.165, 1.54) is 0 Å². The number of thioether (sulfide) groups is 1. The van der Waals surface area contributed by atoms with Crippen LogP contribution in [-0.2, 0) is 11.2 Å². The first-order valence-electron chi connectivity index (χ1n) is 7.02. The summed E-state index contributed by atoms with van der Waals surface area (Å²) >= 11 is 1.57. The number of anilines is 1. The van der Waals surface area contributed by atoms with Gasteiger partial charge in [-0.15, -0.1) is 0 Å². The van der Waals surface area contributed by atoms with Crippen molar-refractivity contribution < 1.29 is 14.7 Å². The number of carbonyl (C=O) groups excluding carboxylic acids is 1. The largest absolute Gasteiger partial charge is 0.480 e. The van der Waals surface area contributed by atoms with Crippen LogP contribution < -0.4 is 10.6 Å². The van der Waals surface area contributed by atoms with Gasteiger partial charge in [-0.2, -0.15) is 11.8 Å². The lowest BCUT2D eigenvalue weighted by Gasteiger charge is -2.21. The van der Waals surface area contributed by atoms with Gasteiger partial charge in [0.2, 0.25) is 0 Å². The van der Waals surface area contributed by atoms with Crippen LogP contribution in [0.1, 0.15) is 28.8 Å². The molecule has 0 saturated heterocycles. The maximum atomic E-state index is 12.4. The number of nitrogens with one attached hydrogen (secondary N) is 2. The molecule has 0 radical (unpaired) electrons. The molecule has 1 aromatic carbocycles. The predicted octanol–water partition coefficient (Wildman–Crippen LogP) is 1.98. The minimum Gasteiger partial charge on any atom is -0.480 e. The highest BCUT2D eigenvalue weighted by atomic mass is 32.2. The number of hydrogen-bond donors (Lipinski definition) is 3. The van der Waals surface area contributed by atoms with Crippen LogP contribution in [0.4, 0.5) is 5.69 Å². The molecule has 5 nitrogen and oxygen atoms in total. The van der Waals surface area contributed by atoms with Crippen molar-refractivity contribution >= 4 is 29.3 Å². The van der Waals surface area contributed by atoms with Crippen molar-refractivity contribution in [1.82, 2.24) is 5.32 Å². The molecule has 0 aliphatic carbocycles. The van der Waals surface area contributed by atoms with Gasteiger partial charge in [-0.25, -0.2) is 4.79 Å². The summed E-state index contributed by atoms with van der Waals surface area (Å²) in [5.41, 5.74) is 2.54. The standard InChI is InChI=1S/C15H20N2O3S/c1-21-9-7-13(15(19)20)17-14(18)11-4-2-6-12-10(11)5-3-8-16-12/h2,4,6,13,16H,3,5,7-9H2,1H3,(H,17,18)(H,19,20).